The molecule has 2 N–H and O–H groups in total. The second kappa shape index (κ2) is 8.79. The summed E-state index contributed by atoms with van der Waals surface area (Å²) in [6.45, 7) is 3.74. The van der Waals surface area contributed by atoms with Crippen molar-refractivity contribution in [3.63, 3.8) is 0 Å². The minimum absolute atomic E-state index is 0.145. The van der Waals surface area contributed by atoms with E-state index in [1.165, 1.54) is 5.56 Å². The molecule has 0 bridgehead atoms. The Balaban J connectivity index is 1.75. The van der Waals surface area contributed by atoms with Gasteiger partial charge in [0.25, 0.3) is 0 Å². The zero-order chi connectivity index (χ0) is 15.8. The van der Waals surface area contributed by atoms with Gasteiger partial charge in [-0.25, -0.2) is 0 Å². The van der Waals surface area contributed by atoms with Crippen LogP contribution in [0.25, 0.3) is 0 Å². The first-order valence-corrected chi connectivity index (χ1v) is 8.37. The van der Waals surface area contributed by atoms with Gasteiger partial charge in [-0.05, 0) is 49.8 Å². The molecule has 0 unspecified atom stereocenters. The average Bonchev–Trinajstić information content (AvgIpc) is 2.54. The second-order valence-corrected chi connectivity index (χ2v) is 6.12. The van der Waals surface area contributed by atoms with Crippen LogP contribution in [0.2, 0.25) is 0 Å². The first kappa shape index (κ1) is 16.8. The van der Waals surface area contributed by atoms with Crippen LogP contribution in [0.3, 0.4) is 0 Å². The van der Waals surface area contributed by atoms with Crippen LogP contribution in [0, 0.1) is 5.92 Å². The largest absolute Gasteiger partial charge is 0.494 e. The van der Waals surface area contributed by atoms with Crippen LogP contribution < -0.4 is 10.1 Å². The summed E-state index contributed by atoms with van der Waals surface area (Å²) in [5, 5.41) is 12.6. The first-order valence-electron chi connectivity index (χ1n) is 8.37. The van der Waals surface area contributed by atoms with Gasteiger partial charge in [0, 0.05) is 12.6 Å². The number of hydrogen-bond acceptors (Lipinski definition) is 3. The molecule has 2 rings (SSSR count). The van der Waals surface area contributed by atoms with Gasteiger partial charge in [0.1, 0.15) is 5.75 Å². The lowest BCUT2D eigenvalue weighted by atomic mass is 9.86. The molecule has 1 aliphatic rings. The highest BCUT2D eigenvalue weighted by Gasteiger charge is 2.25. The van der Waals surface area contributed by atoms with E-state index >= 15 is 0 Å². The molecule has 1 aliphatic carbocycles. The number of benzene rings is 1. The van der Waals surface area contributed by atoms with E-state index in [1.54, 1.807) is 0 Å². The Hall–Kier alpha value is -1.55. The highest BCUT2D eigenvalue weighted by atomic mass is 16.5. The molecule has 0 saturated heterocycles. The molecule has 22 heavy (non-hydrogen) atoms. The molecule has 0 aromatic heterocycles. The molecule has 4 nitrogen and oxygen atoms in total. The lowest BCUT2D eigenvalue weighted by Crippen LogP contribution is -2.34. The number of carbonyl (C=O) groups is 1. The predicted molar refractivity (Wildman–Crippen MR) is 87.1 cm³/mol. The van der Waals surface area contributed by atoms with Crippen LogP contribution in [0.5, 0.6) is 5.75 Å². The quantitative estimate of drug-likeness (QED) is 0.721. The molecule has 4 heteroatoms. The third-order valence-electron chi connectivity index (χ3n) is 4.34. The Bertz CT molecular complexity index is 467. The number of ether oxygens (including phenoxy) is 1. The van der Waals surface area contributed by atoms with Crippen molar-refractivity contribution >= 4 is 5.97 Å². The topological polar surface area (TPSA) is 58.6 Å². The Labute approximate surface area is 132 Å². The standard InChI is InChI=1S/C18H27NO3/c1-2-3-11-22-17-6-4-5-14(12-17)13-19-16-9-7-15(8-10-16)18(20)21/h4-6,12,15-16,19H,2-3,7-11,13H2,1H3,(H,20,21). The van der Waals surface area contributed by atoms with E-state index in [4.69, 9.17) is 9.84 Å². The van der Waals surface area contributed by atoms with Gasteiger partial charge in [0.15, 0.2) is 0 Å². The Kier molecular flexibility index (Phi) is 6.72. The van der Waals surface area contributed by atoms with Crippen molar-refractivity contribution in [2.24, 2.45) is 5.92 Å². The molecule has 0 heterocycles. The molecule has 122 valence electrons. The van der Waals surface area contributed by atoms with Crippen molar-refractivity contribution in [1.82, 2.24) is 5.32 Å². The second-order valence-electron chi connectivity index (χ2n) is 6.12. The molecular weight excluding hydrogens is 278 g/mol. The molecule has 0 aliphatic heterocycles. The smallest absolute Gasteiger partial charge is 0.306 e. The fraction of sp³-hybridized carbons (Fsp3) is 0.611. The van der Waals surface area contributed by atoms with E-state index < -0.39 is 5.97 Å². The molecule has 0 amide bonds. The minimum Gasteiger partial charge on any atom is -0.494 e. The monoisotopic (exact) mass is 305 g/mol. The summed E-state index contributed by atoms with van der Waals surface area (Å²) in [6, 6.07) is 8.64. The Morgan fingerprint density at radius 1 is 1.32 bits per heavy atom. The van der Waals surface area contributed by atoms with Crippen molar-refractivity contribution < 1.29 is 14.6 Å². The van der Waals surface area contributed by atoms with Crippen LogP contribution in [-0.4, -0.2) is 23.7 Å². The average molecular weight is 305 g/mol. The fourth-order valence-corrected chi connectivity index (χ4v) is 2.89. The van der Waals surface area contributed by atoms with Crippen LogP contribution >= 0.6 is 0 Å². The van der Waals surface area contributed by atoms with Crippen LogP contribution in [-0.2, 0) is 11.3 Å². The summed E-state index contributed by atoms with van der Waals surface area (Å²) in [4.78, 5) is 11.0. The highest BCUT2D eigenvalue weighted by Crippen LogP contribution is 2.24. The minimum atomic E-state index is -0.643. The molecule has 1 aromatic carbocycles. The van der Waals surface area contributed by atoms with Gasteiger partial charge in [-0.1, -0.05) is 25.5 Å². The molecule has 1 aromatic rings. The van der Waals surface area contributed by atoms with Gasteiger partial charge in [-0.3, -0.25) is 4.79 Å². The SMILES string of the molecule is CCCCOc1cccc(CNC2CCC(C(=O)O)CC2)c1. The van der Waals surface area contributed by atoms with Crippen molar-refractivity contribution in [2.45, 2.75) is 58.0 Å². The third kappa shape index (κ3) is 5.34. The van der Waals surface area contributed by atoms with Crippen molar-refractivity contribution in [2.75, 3.05) is 6.61 Å². The molecule has 1 fully saturated rings. The van der Waals surface area contributed by atoms with Crippen LogP contribution in [0.4, 0.5) is 0 Å². The van der Waals surface area contributed by atoms with Gasteiger partial charge in [-0.15, -0.1) is 0 Å². The zero-order valence-corrected chi connectivity index (χ0v) is 13.4. The van der Waals surface area contributed by atoms with E-state index in [0.29, 0.717) is 6.04 Å². The number of carboxylic acid groups (broad SMARTS) is 1. The maximum absolute atomic E-state index is 11.0. The number of nitrogens with one attached hydrogen (secondary N) is 1. The summed E-state index contributed by atoms with van der Waals surface area (Å²) in [6.07, 6.45) is 5.68. The van der Waals surface area contributed by atoms with Gasteiger partial charge in [-0.2, -0.15) is 0 Å². The van der Waals surface area contributed by atoms with Crippen LogP contribution in [0.1, 0.15) is 51.0 Å². The van der Waals surface area contributed by atoms with Gasteiger partial charge >= 0.3 is 5.97 Å². The number of aliphatic carboxylic acids is 1. The number of rotatable bonds is 8. The maximum atomic E-state index is 11.0. The van der Waals surface area contributed by atoms with Gasteiger partial charge in [0.05, 0.1) is 12.5 Å². The highest BCUT2D eigenvalue weighted by molar-refractivity contribution is 5.70. The van der Waals surface area contributed by atoms with Crippen molar-refractivity contribution in [3.05, 3.63) is 29.8 Å². The third-order valence-corrected chi connectivity index (χ3v) is 4.34. The van der Waals surface area contributed by atoms with E-state index in [9.17, 15) is 4.79 Å². The van der Waals surface area contributed by atoms with E-state index in [-0.39, 0.29) is 5.92 Å². The number of carboxylic acids is 1. The van der Waals surface area contributed by atoms with Crippen LogP contribution in [0.15, 0.2) is 24.3 Å². The molecule has 0 spiro atoms. The van der Waals surface area contributed by atoms with E-state index in [1.807, 2.05) is 12.1 Å². The molecule has 1 saturated carbocycles. The maximum Gasteiger partial charge on any atom is 0.306 e. The lowest BCUT2D eigenvalue weighted by Gasteiger charge is -2.27. The van der Waals surface area contributed by atoms with Gasteiger partial charge < -0.3 is 15.2 Å². The zero-order valence-electron chi connectivity index (χ0n) is 13.4. The molecule has 0 radical (unpaired) electrons. The summed E-state index contributed by atoms with van der Waals surface area (Å²) < 4.78 is 5.73. The number of unbranched alkanes of at least 4 members (excludes halogenated alkanes) is 1. The normalized spacial score (nSPS) is 21.5. The summed E-state index contributed by atoms with van der Waals surface area (Å²) in [7, 11) is 0. The van der Waals surface area contributed by atoms with E-state index in [2.05, 4.69) is 24.4 Å². The predicted octanol–water partition coefficient (Wildman–Crippen LogP) is 3.60. The molecular formula is C18H27NO3. The number of hydrogen-bond donors (Lipinski definition) is 2. The van der Waals surface area contributed by atoms with Gasteiger partial charge in [0.2, 0.25) is 0 Å². The first-order chi connectivity index (χ1) is 10.7. The Morgan fingerprint density at radius 2 is 2.09 bits per heavy atom. The Morgan fingerprint density at radius 3 is 2.77 bits per heavy atom. The summed E-state index contributed by atoms with van der Waals surface area (Å²) >= 11 is 0. The lowest BCUT2D eigenvalue weighted by molar-refractivity contribution is -0.142. The van der Waals surface area contributed by atoms with Crippen molar-refractivity contribution in [3.8, 4) is 5.75 Å². The molecule has 0 atom stereocenters. The summed E-state index contributed by atoms with van der Waals surface area (Å²) in [5.74, 6) is 0.144. The van der Waals surface area contributed by atoms with Crippen molar-refractivity contribution in [1.29, 1.82) is 0 Å². The summed E-state index contributed by atoms with van der Waals surface area (Å²) in [5.41, 5.74) is 1.22. The fourth-order valence-electron chi connectivity index (χ4n) is 2.89. The van der Waals surface area contributed by atoms with E-state index in [0.717, 1.165) is 57.4 Å².